The molecule has 0 atom stereocenters. The van der Waals surface area contributed by atoms with Crippen LogP contribution in [0, 0.1) is 23.2 Å². The van der Waals surface area contributed by atoms with Gasteiger partial charge in [0.25, 0.3) is 0 Å². The van der Waals surface area contributed by atoms with Gasteiger partial charge in [-0.25, -0.2) is 8.78 Å². The van der Waals surface area contributed by atoms with Gasteiger partial charge in [0.15, 0.2) is 0 Å². The molecule has 0 fully saturated rings. The van der Waals surface area contributed by atoms with Crippen LogP contribution in [0.25, 0.3) is 0 Å². The second-order valence-electron chi connectivity index (χ2n) is 5.14. The first-order valence-corrected chi connectivity index (χ1v) is 4.99. The summed E-state index contributed by atoms with van der Waals surface area (Å²) in [6.45, 7) is 11.4. The molecule has 0 amide bonds. The van der Waals surface area contributed by atoms with E-state index in [-0.39, 0.29) is 5.92 Å². The van der Waals surface area contributed by atoms with Gasteiger partial charge in [-0.2, -0.15) is 0 Å². The molecule has 0 nitrogen and oxygen atoms in total. The van der Waals surface area contributed by atoms with Gasteiger partial charge in [0.05, 0.1) is 0 Å². The first kappa shape index (κ1) is 12.9. The first-order chi connectivity index (χ1) is 5.71. The van der Waals surface area contributed by atoms with Gasteiger partial charge in [0.2, 0.25) is 6.43 Å². The maximum atomic E-state index is 12.8. The number of halogens is 2. The summed E-state index contributed by atoms with van der Waals surface area (Å²) >= 11 is 0. The normalized spacial score (nSPS) is 13.8. The van der Waals surface area contributed by atoms with E-state index in [1.807, 2.05) is 27.7 Å². The fourth-order valence-electron chi connectivity index (χ4n) is 2.63. The minimum absolute atomic E-state index is 0.0764. The van der Waals surface area contributed by atoms with E-state index in [2.05, 4.69) is 0 Å². The standard InChI is InChI=1S/C11H22F2/c1-7(2)9(8(3)4)11(5,6)10(12)13/h7-10H,1-6H3. The van der Waals surface area contributed by atoms with Gasteiger partial charge in [0.1, 0.15) is 0 Å². The van der Waals surface area contributed by atoms with Gasteiger partial charge in [0, 0.05) is 5.41 Å². The molecule has 0 N–H and O–H groups in total. The highest BCUT2D eigenvalue weighted by atomic mass is 19.3. The van der Waals surface area contributed by atoms with Crippen molar-refractivity contribution < 1.29 is 8.78 Å². The van der Waals surface area contributed by atoms with Crippen molar-refractivity contribution in [3.05, 3.63) is 0 Å². The molecule has 0 aromatic carbocycles. The number of hydrogen-bond donors (Lipinski definition) is 0. The molecule has 0 aliphatic rings. The van der Waals surface area contributed by atoms with Gasteiger partial charge < -0.3 is 0 Å². The molecule has 0 heterocycles. The lowest BCUT2D eigenvalue weighted by Gasteiger charge is -2.39. The summed E-state index contributed by atoms with van der Waals surface area (Å²) in [6, 6.07) is 0. The zero-order valence-corrected chi connectivity index (χ0v) is 9.57. The zero-order valence-electron chi connectivity index (χ0n) is 9.57. The third kappa shape index (κ3) is 2.92. The van der Waals surface area contributed by atoms with Crippen LogP contribution in [0.1, 0.15) is 41.5 Å². The van der Waals surface area contributed by atoms with E-state index >= 15 is 0 Å². The fourth-order valence-corrected chi connectivity index (χ4v) is 2.63. The summed E-state index contributed by atoms with van der Waals surface area (Å²) in [6.07, 6.45) is -2.23. The van der Waals surface area contributed by atoms with Crippen LogP contribution in [0.5, 0.6) is 0 Å². The summed E-state index contributed by atoms with van der Waals surface area (Å²) in [5.74, 6) is 0.695. The lowest BCUT2D eigenvalue weighted by Crippen LogP contribution is -2.38. The molecule has 0 saturated heterocycles. The minimum Gasteiger partial charge on any atom is -0.210 e. The molecule has 0 spiro atoms. The number of rotatable bonds is 4. The molecule has 0 aromatic rings. The monoisotopic (exact) mass is 192 g/mol. The van der Waals surface area contributed by atoms with Gasteiger partial charge in [-0.3, -0.25) is 0 Å². The van der Waals surface area contributed by atoms with E-state index < -0.39 is 11.8 Å². The topological polar surface area (TPSA) is 0 Å². The number of alkyl halides is 2. The molecule has 0 radical (unpaired) electrons. The van der Waals surface area contributed by atoms with Gasteiger partial charge in [-0.05, 0) is 17.8 Å². The minimum atomic E-state index is -2.23. The second-order valence-corrected chi connectivity index (χ2v) is 5.14. The summed E-state index contributed by atoms with van der Waals surface area (Å²) in [4.78, 5) is 0. The Bertz CT molecular complexity index is 140. The van der Waals surface area contributed by atoms with Crippen LogP contribution in [0.2, 0.25) is 0 Å². The molecule has 80 valence electrons. The maximum Gasteiger partial charge on any atom is 0.243 e. The molecule has 0 aliphatic heterocycles. The Morgan fingerprint density at radius 3 is 1.23 bits per heavy atom. The summed E-state index contributed by atoms with van der Waals surface area (Å²) < 4.78 is 25.6. The van der Waals surface area contributed by atoms with Crippen molar-refractivity contribution in [1.29, 1.82) is 0 Å². The zero-order chi connectivity index (χ0) is 10.8. The highest BCUT2D eigenvalue weighted by Gasteiger charge is 2.41. The second kappa shape index (κ2) is 4.39. The molecular formula is C11H22F2. The van der Waals surface area contributed by atoms with Crippen molar-refractivity contribution in [2.24, 2.45) is 23.2 Å². The summed E-state index contributed by atoms with van der Waals surface area (Å²) in [5, 5.41) is 0. The molecule has 2 heteroatoms. The average Bonchev–Trinajstić information content (AvgIpc) is 1.82. The summed E-state index contributed by atoms with van der Waals surface area (Å²) in [5.41, 5.74) is -0.873. The molecule has 13 heavy (non-hydrogen) atoms. The molecule has 0 aromatic heterocycles. The molecule has 0 bridgehead atoms. The smallest absolute Gasteiger partial charge is 0.210 e. The van der Waals surface area contributed by atoms with E-state index in [4.69, 9.17) is 0 Å². The predicted molar refractivity (Wildman–Crippen MR) is 53.0 cm³/mol. The van der Waals surface area contributed by atoms with E-state index in [1.54, 1.807) is 13.8 Å². The van der Waals surface area contributed by atoms with Gasteiger partial charge in [-0.1, -0.05) is 41.5 Å². The van der Waals surface area contributed by atoms with Crippen LogP contribution in [-0.4, -0.2) is 6.43 Å². The Kier molecular flexibility index (Phi) is 4.34. The largest absolute Gasteiger partial charge is 0.243 e. The van der Waals surface area contributed by atoms with Crippen molar-refractivity contribution in [1.82, 2.24) is 0 Å². The Morgan fingerprint density at radius 1 is 0.846 bits per heavy atom. The van der Waals surface area contributed by atoms with Crippen molar-refractivity contribution in [3.8, 4) is 0 Å². The lowest BCUT2D eigenvalue weighted by atomic mass is 9.67. The lowest BCUT2D eigenvalue weighted by molar-refractivity contribution is -0.0520. The van der Waals surface area contributed by atoms with Crippen molar-refractivity contribution in [2.45, 2.75) is 48.0 Å². The molecule has 0 rings (SSSR count). The van der Waals surface area contributed by atoms with Crippen LogP contribution in [0.15, 0.2) is 0 Å². The fraction of sp³-hybridized carbons (Fsp3) is 1.00. The quantitative estimate of drug-likeness (QED) is 0.626. The first-order valence-electron chi connectivity index (χ1n) is 4.99. The third-order valence-corrected chi connectivity index (χ3v) is 2.86. The van der Waals surface area contributed by atoms with Gasteiger partial charge >= 0.3 is 0 Å². The van der Waals surface area contributed by atoms with Crippen molar-refractivity contribution in [3.63, 3.8) is 0 Å². The molecule has 0 saturated carbocycles. The third-order valence-electron chi connectivity index (χ3n) is 2.86. The number of hydrogen-bond acceptors (Lipinski definition) is 0. The highest BCUT2D eigenvalue weighted by molar-refractivity contribution is 4.84. The Morgan fingerprint density at radius 2 is 1.15 bits per heavy atom. The Balaban J connectivity index is 4.73. The van der Waals surface area contributed by atoms with E-state index in [0.29, 0.717) is 11.8 Å². The Labute approximate surface area is 80.7 Å². The van der Waals surface area contributed by atoms with E-state index in [0.717, 1.165) is 0 Å². The molecule has 0 aliphatic carbocycles. The van der Waals surface area contributed by atoms with Crippen LogP contribution < -0.4 is 0 Å². The maximum absolute atomic E-state index is 12.8. The Hall–Kier alpha value is -0.140. The highest BCUT2D eigenvalue weighted by Crippen LogP contribution is 2.42. The van der Waals surface area contributed by atoms with Crippen LogP contribution in [-0.2, 0) is 0 Å². The van der Waals surface area contributed by atoms with Crippen molar-refractivity contribution >= 4 is 0 Å². The van der Waals surface area contributed by atoms with Crippen LogP contribution in [0.3, 0.4) is 0 Å². The predicted octanol–water partition coefficient (Wildman–Crippen LogP) is 4.21. The molecule has 0 unspecified atom stereocenters. The van der Waals surface area contributed by atoms with E-state index in [9.17, 15) is 8.78 Å². The van der Waals surface area contributed by atoms with Crippen LogP contribution in [0.4, 0.5) is 8.78 Å². The van der Waals surface area contributed by atoms with Gasteiger partial charge in [-0.15, -0.1) is 0 Å². The molecular weight excluding hydrogens is 170 g/mol. The van der Waals surface area contributed by atoms with Crippen molar-refractivity contribution in [2.75, 3.05) is 0 Å². The van der Waals surface area contributed by atoms with E-state index in [1.165, 1.54) is 0 Å². The van der Waals surface area contributed by atoms with Crippen LogP contribution >= 0.6 is 0 Å². The average molecular weight is 192 g/mol. The summed E-state index contributed by atoms with van der Waals surface area (Å²) in [7, 11) is 0. The SMILES string of the molecule is CC(C)C(C(C)C)C(C)(C)C(F)F.